The second-order valence-electron chi connectivity index (χ2n) is 3.74. The Labute approximate surface area is 107 Å². The third-order valence-corrected chi connectivity index (χ3v) is 3.74. The monoisotopic (exact) mass is 255 g/mol. The molecule has 1 nitrogen and oxygen atoms in total. The smallest absolute Gasteiger partial charge is 0.0931 e. The summed E-state index contributed by atoms with van der Waals surface area (Å²) in [7, 11) is 0. The van der Waals surface area contributed by atoms with Crippen molar-refractivity contribution in [3.8, 4) is 12.3 Å². The number of rotatable bonds is 7. The SMILES string of the molecule is C#CCCCC(NCCC)c1ccc(Cl)s1. The first-order valence-corrected chi connectivity index (χ1v) is 6.89. The molecule has 1 atom stereocenters. The van der Waals surface area contributed by atoms with E-state index in [1.165, 1.54) is 4.88 Å². The molecule has 0 aliphatic heterocycles. The van der Waals surface area contributed by atoms with E-state index in [0.29, 0.717) is 6.04 Å². The first-order valence-electron chi connectivity index (χ1n) is 5.70. The number of nitrogens with one attached hydrogen (secondary N) is 1. The molecule has 1 rings (SSSR count). The molecule has 0 aliphatic carbocycles. The highest BCUT2D eigenvalue weighted by molar-refractivity contribution is 7.16. The average Bonchev–Trinajstić information content (AvgIpc) is 2.70. The molecular formula is C13H18ClNS. The molecular weight excluding hydrogens is 238 g/mol. The third kappa shape index (κ3) is 4.57. The summed E-state index contributed by atoms with van der Waals surface area (Å²) in [6.07, 6.45) is 9.41. The van der Waals surface area contributed by atoms with Crippen molar-refractivity contribution in [1.82, 2.24) is 5.32 Å². The Kier molecular flexibility index (Phi) is 6.56. The Morgan fingerprint density at radius 2 is 2.38 bits per heavy atom. The predicted octanol–water partition coefficient (Wildman–Crippen LogP) is 4.25. The summed E-state index contributed by atoms with van der Waals surface area (Å²) in [5, 5.41) is 3.54. The summed E-state index contributed by atoms with van der Waals surface area (Å²) in [5.41, 5.74) is 0. The Hall–Kier alpha value is -0.490. The van der Waals surface area contributed by atoms with Gasteiger partial charge in [-0.05, 0) is 37.9 Å². The highest BCUT2D eigenvalue weighted by atomic mass is 35.5. The topological polar surface area (TPSA) is 12.0 Å². The Bertz CT molecular complexity index is 340. The average molecular weight is 256 g/mol. The fourth-order valence-electron chi connectivity index (χ4n) is 1.59. The molecule has 1 aromatic rings. The molecule has 0 amide bonds. The summed E-state index contributed by atoms with van der Waals surface area (Å²) in [5.74, 6) is 2.69. The van der Waals surface area contributed by atoms with E-state index in [2.05, 4.69) is 24.2 Å². The third-order valence-electron chi connectivity index (χ3n) is 2.39. The van der Waals surface area contributed by atoms with Crippen LogP contribution >= 0.6 is 22.9 Å². The van der Waals surface area contributed by atoms with E-state index in [4.69, 9.17) is 18.0 Å². The summed E-state index contributed by atoms with van der Waals surface area (Å²) >= 11 is 7.61. The lowest BCUT2D eigenvalue weighted by Crippen LogP contribution is -2.21. The van der Waals surface area contributed by atoms with Crippen LogP contribution in [0.4, 0.5) is 0 Å². The molecule has 0 aliphatic rings. The normalized spacial score (nSPS) is 12.3. The van der Waals surface area contributed by atoms with Gasteiger partial charge in [0.15, 0.2) is 0 Å². The van der Waals surface area contributed by atoms with Gasteiger partial charge in [-0.25, -0.2) is 0 Å². The van der Waals surface area contributed by atoms with Crippen LogP contribution in [0.25, 0.3) is 0 Å². The molecule has 0 saturated carbocycles. The zero-order valence-electron chi connectivity index (χ0n) is 9.63. The van der Waals surface area contributed by atoms with Crippen LogP contribution < -0.4 is 5.32 Å². The summed E-state index contributed by atoms with van der Waals surface area (Å²) in [6, 6.07) is 4.48. The van der Waals surface area contributed by atoms with Gasteiger partial charge < -0.3 is 5.32 Å². The second kappa shape index (κ2) is 7.73. The summed E-state index contributed by atoms with van der Waals surface area (Å²) in [4.78, 5) is 1.32. The van der Waals surface area contributed by atoms with E-state index in [1.54, 1.807) is 11.3 Å². The van der Waals surface area contributed by atoms with Gasteiger partial charge in [0.05, 0.1) is 4.34 Å². The summed E-state index contributed by atoms with van der Waals surface area (Å²) in [6.45, 7) is 3.21. The van der Waals surface area contributed by atoms with E-state index in [1.807, 2.05) is 6.07 Å². The van der Waals surface area contributed by atoms with Crippen molar-refractivity contribution in [1.29, 1.82) is 0 Å². The zero-order chi connectivity index (χ0) is 11.8. The quantitative estimate of drug-likeness (QED) is 0.568. The lowest BCUT2D eigenvalue weighted by Gasteiger charge is -2.16. The van der Waals surface area contributed by atoms with Gasteiger partial charge in [0.1, 0.15) is 0 Å². The highest BCUT2D eigenvalue weighted by Gasteiger charge is 2.12. The molecule has 0 fully saturated rings. The second-order valence-corrected chi connectivity index (χ2v) is 5.49. The molecule has 1 heterocycles. The van der Waals surface area contributed by atoms with Crippen molar-refractivity contribution in [3.63, 3.8) is 0 Å². The van der Waals surface area contributed by atoms with Crippen LogP contribution in [0.1, 0.15) is 43.5 Å². The van der Waals surface area contributed by atoms with Gasteiger partial charge in [-0.2, -0.15) is 0 Å². The Balaban J connectivity index is 2.53. The molecule has 16 heavy (non-hydrogen) atoms. The predicted molar refractivity (Wildman–Crippen MR) is 73.0 cm³/mol. The molecule has 0 saturated heterocycles. The number of terminal acetylenes is 1. The van der Waals surface area contributed by atoms with Gasteiger partial charge >= 0.3 is 0 Å². The van der Waals surface area contributed by atoms with Crippen LogP contribution in [0.3, 0.4) is 0 Å². The largest absolute Gasteiger partial charge is 0.309 e. The van der Waals surface area contributed by atoms with Crippen LogP contribution in [0.5, 0.6) is 0 Å². The molecule has 88 valence electrons. The van der Waals surface area contributed by atoms with E-state index >= 15 is 0 Å². The number of unbranched alkanes of at least 4 members (excludes halogenated alkanes) is 1. The van der Waals surface area contributed by atoms with Crippen molar-refractivity contribution in [2.24, 2.45) is 0 Å². The van der Waals surface area contributed by atoms with Crippen LogP contribution in [0, 0.1) is 12.3 Å². The molecule has 0 radical (unpaired) electrons. The number of halogens is 1. The van der Waals surface area contributed by atoms with Gasteiger partial charge in [-0.1, -0.05) is 18.5 Å². The van der Waals surface area contributed by atoms with Gasteiger partial charge in [-0.15, -0.1) is 23.7 Å². The molecule has 0 bridgehead atoms. The minimum Gasteiger partial charge on any atom is -0.309 e. The lowest BCUT2D eigenvalue weighted by molar-refractivity contribution is 0.494. The highest BCUT2D eigenvalue weighted by Crippen LogP contribution is 2.29. The van der Waals surface area contributed by atoms with E-state index < -0.39 is 0 Å². The summed E-state index contributed by atoms with van der Waals surface area (Å²) < 4.78 is 0.857. The van der Waals surface area contributed by atoms with Crippen molar-refractivity contribution in [3.05, 3.63) is 21.3 Å². The van der Waals surface area contributed by atoms with Crippen LogP contribution in [0.15, 0.2) is 12.1 Å². The van der Waals surface area contributed by atoms with Gasteiger partial charge in [0, 0.05) is 17.3 Å². The minimum atomic E-state index is 0.408. The molecule has 0 spiro atoms. The van der Waals surface area contributed by atoms with Crippen molar-refractivity contribution >= 4 is 22.9 Å². The molecule has 1 unspecified atom stereocenters. The molecule has 0 aromatic carbocycles. The Morgan fingerprint density at radius 3 is 2.94 bits per heavy atom. The lowest BCUT2D eigenvalue weighted by atomic mass is 10.1. The zero-order valence-corrected chi connectivity index (χ0v) is 11.2. The van der Waals surface area contributed by atoms with Crippen LogP contribution in [-0.2, 0) is 0 Å². The first kappa shape index (κ1) is 13.6. The van der Waals surface area contributed by atoms with Crippen molar-refractivity contribution < 1.29 is 0 Å². The van der Waals surface area contributed by atoms with Crippen LogP contribution in [0.2, 0.25) is 4.34 Å². The van der Waals surface area contributed by atoms with Gasteiger partial charge in [0.25, 0.3) is 0 Å². The fraction of sp³-hybridized carbons (Fsp3) is 0.538. The van der Waals surface area contributed by atoms with Gasteiger partial charge in [-0.3, -0.25) is 0 Å². The number of hydrogen-bond donors (Lipinski definition) is 1. The molecule has 1 N–H and O–H groups in total. The molecule has 1 aromatic heterocycles. The minimum absolute atomic E-state index is 0.408. The maximum Gasteiger partial charge on any atom is 0.0931 e. The standard InChI is InChI=1S/C13H18ClNS/c1-3-5-6-7-11(15-10-4-2)12-8-9-13(14)16-12/h1,8-9,11,15H,4-7,10H2,2H3. The number of hydrogen-bond acceptors (Lipinski definition) is 2. The maximum atomic E-state index is 5.96. The molecule has 3 heteroatoms. The number of thiophene rings is 1. The fourth-order valence-corrected chi connectivity index (χ4v) is 2.76. The van der Waals surface area contributed by atoms with Crippen LogP contribution in [-0.4, -0.2) is 6.54 Å². The van der Waals surface area contributed by atoms with E-state index in [0.717, 1.165) is 36.6 Å². The van der Waals surface area contributed by atoms with E-state index in [-0.39, 0.29) is 0 Å². The first-order chi connectivity index (χ1) is 7.77. The van der Waals surface area contributed by atoms with Crippen molar-refractivity contribution in [2.75, 3.05) is 6.54 Å². The Morgan fingerprint density at radius 1 is 1.56 bits per heavy atom. The van der Waals surface area contributed by atoms with Crippen molar-refractivity contribution in [2.45, 2.75) is 38.6 Å². The maximum absolute atomic E-state index is 5.96. The van der Waals surface area contributed by atoms with Gasteiger partial charge in [0.2, 0.25) is 0 Å². The van der Waals surface area contributed by atoms with E-state index in [9.17, 15) is 0 Å².